The monoisotopic (exact) mass is 430 g/mol. The van der Waals surface area contributed by atoms with Crippen molar-refractivity contribution in [2.75, 3.05) is 0 Å². The van der Waals surface area contributed by atoms with Crippen LogP contribution in [0.5, 0.6) is 0 Å². The molecule has 168 valence electrons. The molecule has 0 spiro atoms. The number of imidazole rings is 1. The Morgan fingerprint density at radius 2 is 1.81 bits per heavy atom. The fraction of sp³-hybridized carbons (Fsp3) is 0.308. The maximum atomic E-state index is 4.21. The first kappa shape index (κ1) is 23.3. The van der Waals surface area contributed by atoms with Crippen molar-refractivity contribution < 1.29 is 0 Å². The molecule has 0 bridgehead atoms. The first-order chi connectivity index (χ1) is 15.5. The predicted octanol–water partition coefficient (Wildman–Crippen LogP) is 5.37. The van der Waals surface area contributed by atoms with Gasteiger partial charge in [-0.15, -0.1) is 10.6 Å². The second-order valence-electron chi connectivity index (χ2n) is 8.32. The van der Waals surface area contributed by atoms with Crippen molar-refractivity contribution in [2.24, 2.45) is 11.0 Å². The molecule has 0 fully saturated rings. The van der Waals surface area contributed by atoms with Gasteiger partial charge in [-0.25, -0.2) is 10.5 Å². The zero-order chi connectivity index (χ0) is 22.9. The maximum Gasteiger partial charge on any atom is 0.170 e. The minimum atomic E-state index is 0.657. The molecule has 0 saturated carbocycles. The number of hydrogen-bond acceptors (Lipinski definition) is 5. The van der Waals surface area contributed by atoms with Crippen LogP contribution < -0.4 is 16.5 Å². The van der Waals surface area contributed by atoms with Crippen LogP contribution in [0.3, 0.4) is 0 Å². The number of nitrogens with one attached hydrogen (secondary N) is 3. The number of rotatable bonds is 7. The third-order valence-electron chi connectivity index (χ3n) is 5.55. The SMILES string of the molecule is C=C(C)C(C)C.CCCCc1cc(C2=NNNN2)ccc1-c1ccc(-n2ccnc2)cc1. The summed E-state index contributed by atoms with van der Waals surface area (Å²) in [6.07, 6.45) is 8.95. The van der Waals surface area contributed by atoms with E-state index in [2.05, 4.69) is 96.4 Å². The van der Waals surface area contributed by atoms with Gasteiger partial charge in [0.25, 0.3) is 0 Å². The largest absolute Gasteiger partial charge is 0.306 e. The number of nitrogens with zero attached hydrogens (tertiary/aromatic N) is 3. The third-order valence-corrected chi connectivity index (χ3v) is 5.55. The number of aromatic nitrogens is 2. The summed E-state index contributed by atoms with van der Waals surface area (Å²) in [5.41, 5.74) is 15.8. The fourth-order valence-electron chi connectivity index (χ4n) is 3.16. The zero-order valence-corrected chi connectivity index (χ0v) is 19.5. The fourth-order valence-corrected chi connectivity index (χ4v) is 3.16. The van der Waals surface area contributed by atoms with Gasteiger partial charge in [0, 0.05) is 23.6 Å². The molecule has 2 aromatic carbocycles. The molecule has 0 amide bonds. The quantitative estimate of drug-likeness (QED) is 0.441. The maximum absolute atomic E-state index is 4.21. The van der Waals surface area contributed by atoms with E-state index in [1.165, 1.54) is 35.1 Å². The Kier molecular flexibility index (Phi) is 8.22. The number of unbranched alkanes of at least 4 members (excludes halogenated alkanes) is 1. The summed E-state index contributed by atoms with van der Waals surface area (Å²) >= 11 is 0. The molecular weight excluding hydrogens is 396 g/mol. The van der Waals surface area contributed by atoms with Gasteiger partial charge in [-0.05, 0) is 60.6 Å². The Labute approximate surface area is 191 Å². The van der Waals surface area contributed by atoms with Crippen molar-refractivity contribution in [3.8, 4) is 16.8 Å². The number of benzene rings is 2. The second-order valence-corrected chi connectivity index (χ2v) is 8.32. The Morgan fingerprint density at radius 1 is 1.09 bits per heavy atom. The Morgan fingerprint density at radius 3 is 2.38 bits per heavy atom. The van der Waals surface area contributed by atoms with E-state index in [4.69, 9.17) is 0 Å². The van der Waals surface area contributed by atoms with Crippen molar-refractivity contribution in [3.05, 3.63) is 84.5 Å². The topological polar surface area (TPSA) is 66.3 Å². The minimum absolute atomic E-state index is 0.657. The zero-order valence-electron chi connectivity index (χ0n) is 19.5. The van der Waals surface area contributed by atoms with E-state index in [1.807, 2.05) is 24.0 Å². The molecule has 0 unspecified atom stereocenters. The van der Waals surface area contributed by atoms with E-state index < -0.39 is 0 Å². The molecule has 6 heteroatoms. The third kappa shape index (κ3) is 6.08. The lowest BCUT2D eigenvalue weighted by molar-refractivity contribution is 0.577. The highest BCUT2D eigenvalue weighted by Gasteiger charge is 2.12. The van der Waals surface area contributed by atoms with Gasteiger partial charge >= 0.3 is 0 Å². The van der Waals surface area contributed by atoms with Crippen LogP contribution in [0.25, 0.3) is 16.8 Å². The van der Waals surface area contributed by atoms with Gasteiger partial charge in [-0.2, -0.15) is 0 Å². The summed E-state index contributed by atoms with van der Waals surface area (Å²) in [7, 11) is 0. The van der Waals surface area contributed by atoms with Crippen molar-refractivity contribution in [1.29, 1.82) is 0 Å². The van der Waals surface area contributed by atoms with E-state index in [-0.39, 0.29) is 0 Å². The van der Waals surface area contributed by atoms with Crippen molar-refractivity contribution in [1.82, 2.24) is 26.0 Å². The van der Waals surface area contributed by atoms with Gasteiger partial charge in [0.2, 0.25) is 0 Å². The first-order valence-electron chi connectivity index (χ1n) is 11.2. The van der Waals surface area contributed by atoms with Gasteiger partial charge in [-0.3, -0.25) is 5.43 Å². The number of amidine groups is 1. The second kappa shape index (κ2) is 11.3. The molecule has 2 heterocycles. The van der Waals surface area contributed by atoms with E-state index in [0.717, 1.165) is 23.5 Å². The van der Waals surface area contributed by atoms with Crippen LogP contribution in [-0.4, -0.2) is 15.4 Å². The summed E-state index contributed by atoms with van der Waals surface area (Å²) in [5.74, 6) is 1.47. The van der Waals surface area contributed by atoms with Crippen molar-refractivity contribution >= 4 is 5.84 Å². The molecule has 1 aliphatic heterocycles. The molecule has 32 heavy (non-hydrogen) atoms. The summed E-state index contributed by atoms with van der Waals surface area (Å²) in [6.45, 7) is 12.3. The molecule has 0 saturated heterocycles. The summed E-state index contributed by atoms with van der Waals surface area (Å²) in [4.78, 5) is 4.11. The molecule has 0 atom stereocenters. The van der Waals surface area contributed by atoms with E-state index in [0.29, 0.717) is 5.92 Å². The Balaban J connectivity index is 0.000000427. The van der Waals surface area contributed by atoms with Gasteiger partial charge in [0.1, 0.15) is 0 Å². The van der Waals surface area contributed by atoms with Crippen LogP contribution in [-0.2, 0) is 6.42 Å². The van der Waals surface area contributed by atoms with Crippen molar-refractivity contribution in [3.63, 3.8) is 0 Å². The molecule has 1 aliphatic rings. The molecule has 1 aromatic heterocycles. The number of hydrogen-bond donors (Lipinski definition) is 3. The number of hydrazone groups is 1. The van der Waals surface area contributed by atoms with Gasteiger partial charge in [0.05, 0.1) is 6.33 Å². The molecule has 3 N–H and O–H groups in total. The van der Waals surface area contributed by atoms with E-state index in [9.17, 15) is 0 Å². The summed E-state index contributed by atoms with van der Waals surface area (Å²) < 4.78 is 2.01. The highest BCUT2D eigenvalue weighted by atomic mass is 15.8. The van der Waals surface area contributed by atoms with Gasteiger partial charge in [-0.1, -0.05) is 63.6 Å². The van der Waals surface area contributed by atoms with E-state index >= 15 is 0 Å². The minimum Gasteiger partial charge on any atom is -0.306 e. The lowest BCUT2D eigenvalue weighted by atomic mass is 9.94. The number of hydrazine groups is 2. The van der Waals surface area contributed by atoms with Crippen LogP contribution in [0.2, 0.25) is 0 Å². The molecule has 0 aliphatic carbocycles. The van der Waals surface area contributed by atoms with Crippen LogP contribution in [0.4, 0.5) is 0 Å². The number of allylic oxidation sites excluding steroid dienone is 1. The molecule has 4 rings (SSSR count). The van der Waals surface area contributed by atoms with Crippen LogP contribution in [0.1, 0.15) is 51.7 Å². The average Bonchev–Trinajstić information content (AvgIpc) is 3.53. The van der Waals surface area contributed by atoms with Crippen LogP contribution in [0, 0.1) is 5.92 Å². The summed E-state index contributed by atoms with van der Waals surface area (Å²) in [5, 5.41) is 4.21. The standard InChI is InChI=1S/C20H22N6.C6H12/c1-2-3-4-16-13-17(20-22-24-25-23-20)7-10-19(16)15-5-8-18(9-6-15)26-12-11-21-14-26;1-5(2)6(3)4/h5-14,24-25H,2-4H2,1H3,(H,22,23);6H,1H2,2-4H3. The van der Waals surface area contributed by atoms with Gasteiger partial charge in [0.15, 0.2) is 5.84 Å². The predicted molar refractivity (Wildman–Crippen MR) is 133 cm³/mol. The number of aryl methyl sites for hydroxylation is 1. The normalized spacial score (nSPS) is 12.5. The van der Waals surface area contributed by atoms with Gasteiger partial charge < -0.3 is 4.57 Å². The van der Waals surface area contributed by atoms with E-state index in [1.54, 1.807) is 6.20 Å². The van der Waals surface area contributed by atoms with Crippen LogP contribution in [0.15, 0.2) is 78.4 Å². The van der Waals surface area contributed by atoms with Crippen molar-refractivity contribution in [2.45, 2.75) is 47.0 Å². The highest BCUT2D eigenvalue weighted by molar-refractivity contribution is 5.99. The summed E-state index contributed by atoms with van der Waals surface area (Å²) in [6, 6.07) is 15.1. The molecule has 3 aromatic rings. The molecule has 0 radical (unpaired) electrons. The molecular formula is C26H34N6. The Hall–Kier alpha value is -3.38. The van der Waals surface area contributed by atoms with Crippen LogP contribution >= 0.6 is 0 Å². The lowest BCUT2D eigenvalue weighted by Gasteiger charge is -2.13. The average molecular weight is 431 g/mol. The lowest BCUT2D eigenvalue weighted by Crippen LogP contribution is -2.35. The Bertz CT molecular complexity index is 1030. The first-order valence-corrected chi connectivity index (χ1v) is 11.2. The molecule has 6 nitrogen and oxygen atoms in total. The smallest absolute Gasteiger partial charge is 0.170 e. The highest BCUT2D eigenvalue weighted by Crippen LogP contribution is 2.27.